The third-order valence-corrected chi connectivity index (χ3v) is 3.98. The zero-order valence-corrected chi connectivity index (χ0v) is 12.0. The molecule has 1 amide bonds. The van der Waals surface area contributed by atoms with E-state index >= 15 is 0 Å². The van der Waals surface area contributed by atoms with Crippen molar-refractivity contribution in [3.8, 4) is 0 Å². The van der Waals surface area contributed by atoms with Gasteiger partial charge in [0.1, 0.15) is 6.54 Å². The lowest BCUT2D eigenvalue weighted by Crippen LogP contribution is -2.42. The van der Waals surface area contributed by atoms with Crippen molar-refractivity contribution in [2.75, 3.05) is 12.3 Å². The number of carbonyl (C=O) groups is 1. The Labute approximate surface area is 119 Å². The number of likely N-dealkylation sites (tertiary alicyclic amines) is 1. The molecule has 1 aromatic rings. The minimum Gasteiger partial charge on any atom is -0.398 e. The first-order valence-electron chi connectivity index (χ1n) is 7.37. The van der Waals surface area contributed by atoms with Crippen molar-refractivity contribution in [3.05, 3.63) is 28.7 Å². The maximum Gasteiger partial charge on any atom is 0.251 e. The monoisotopic (exact) mass is 277 g/mol. The highest BCUT2D eigenvalue weighted by molar-refractivity contribution is 5.76. The van der Waals surface area contributed by atoms with Gasteiger partial charge in [-0.25, -0.2) is 0 Å². The van der Waals surface area contributed by atoms with Gasteiger partial charge < -0.3 is 15.2 Å². The fourth-order valence-electron chi connectivity index (χ4n) is 2.84. The predicted molar refractivity (Wildman–Crippen MR) is 79.4 cm³/mol. The van der Waals surface area contributed by atoms with Crippen molar-refractivity contribution < 1.29 is 4.79 Å². The van der Waals surface area contributed by atoms with Gasteiger partial charge in [0.15, 0.2) is 0 Å². The summed E-state index contributed by atoms with van der Waals surface area (Å²) in [6.45, 7) is 3.00. The van der Waals surface area contributed by atoms with Crippen molar-refractivity contribution >= 4 is 11.6 Å². The van der Waals surface area contributed by atoms with Crippen LogP contribution >= 0.6 is 0 Å². The molecule has 20 heavy (non-hydrogen) atoms. The summed E-state index contributed by atoms with van der Waals surface area (Å²) in [6, 6.07) is 3.27. The van der Waals surface area contributed by atoms with Crippen molar-refractivity contribution in [3.63, 3.8) is 0 Å². The highest BCUT2D eigenvalue weighted by atomic mass is 16.2. The van der Waals surface area contributed by atoms with Crippen LogP contribution in [0.25, 0.3) is 0 Å². The molecule has 2 N–H and O–H groups in total. The average molecular weight is 277 g/mol. The molecular weight excluding hydrogens is 254 g/mol. The van der Waals surface area contributed by atoms with Gasteiger partial charge in [-0.2, -0.15) is 0 Å². The SMILES string of the molecule is CCC1CCCCCN1C(=O)Cn1cc(N)ccc1=O. The van der Waals surface area contributed by atoms with Crippen LogP contribution in [0.1, 0.15) is 39.0 Å². The number of nitrogens with zero attached hydrogens (tertiary/aromatic N) is 2. The number of nitrogen functional groups attached to an aromatic ring is 1. The van der Waals surface area contributed by atoms with Crippen LogP contribution in [0.5, 0.6) is 0 Å². The maximum atomic E-state index is 12.5. The molecule has 1 saturated heterocycles. The molecule has 5 heteroatoms. The van der Waals surface area contributed by atoms with Gasteiger partial charge in [-0.1, -0.05) is 19.8 Å². The summed E-state index contributed by atoms with van der Waals surface area (Å²) in [5.74, 6) is 0.0199. The van der Waals surface area contributed by atoms with Crippen LogP contribution in [-0.2, 0) is 11.3 Å². The van der Waals surface area contributed by atoms with Gasteiger partial charge in [-0.05, 0) is 25.3 Å². The van der Waals surface area contributed by atoms with E-state index in [-0.39, 0.29) is 18.0 Å². The molecule has 1 aliphatic rings. The first-order valence-corrected chi connectivity index (χ1v) is 7.37. The molecular formula is C15H23N3O2. The maximum absolute atomic E-state index is 12.5. The van der Waals surface area contributed by atoms with E-state index in [1.54, 1.807) is 12.3 Å². The molecule has 0 aliphatic carbocycles. The van der Waals surface area contributed by atoms with E-state index in [1.165, 1.54) is 23.5 Å². The number of hydrogen-bond donors (Lipinski definition) is 1. The molecule has 1 fully saturated rings. The Balaban J connectivity index is 2.13. The topological polar surface area (TPSA) is 68.3 Å². The van der Waals surface area contributed by atoms with Gasteiger partial charge in [-0.15, -0.1) is 0 Å². The van der Waals surface area contributed by atoms with Crippen molar-refractivity contribution in [1.82, 2.24) is 9.47 Å². The molecule has 1 unspecified atom stereocenters. The average Bonchev–Trinajstić information content (AvgIpc) is 2.68. The van der Waals surface area contributed by atoms with Gasteiger partial charge in [0.05, 0.1) is 0 Å². The Morgan fingerprint density at radius 3 is 2.90 bits per heavy atom. The Bertz CT molecular complexity index is 524. The second kappa shape index (κ2) is 6.59. The lowest BCUT2D eigenvalue weighted by molar-refractivity contribution is -0.134. The Morgan fingerprint density at radius 1 is 1.35 bits per heavy atom. The molecule has 0 radical (unpaired) electrons. The first kappa shape index (κ1) is 14.6. The van der Waals surface area contributed by atoms with E-state index in [4.69, 9.17) is 5.73 Å². The number of pyridine rings is 1. The molecule has 2 rings (SSSR count). The van der Waals surface area contributed by atoms with Gasteiger partial charge in [0.25, 0.3) is 5.56 Å². The summed E-state index contributed by atoms with van der Waals surface area (Å²) < 4.78 is 1.40. The fourth-order valence-corrected chi connectivity index (χ4v) is 2.84. The summed E-state index contributed by atoms with van der Waals surface area (Å²) >= 11 is 0. The van der Waals surface area contributed by atoms with Crippen LogP contribution in [0, 0.1) is 0 Å². The summed E-state index contributed by atoms with van der Waals surface area (Å²) in [5.41, 5.74) is 5.99. The summed E-state index contributed by atoms with van der Waals surface area (Å²) in [4.78, 5) is 26.2. The highest BCUT2D eigenvalue weighted by Gasteiger charge is 2.24. The number of anilines is 1. The highest BCUT2D eigenvalue weighted by Crippen LogP contribution is 2.19. The first-order chi connectivity index (χ1) is 9.61. The minimum atomic E-state index is -0.185. The second-order valence-corrected chi connectivity index (χ2v) is 5.43. The summed E-state index contributed by atoms with van der Waals surface area (Å²) in [6.07, 6.45) is 6.98. The third-order valence-electron chi connectivity index (χ3n) is 3.98. The van der Waals surface area contributed by atoms with Crippen molar-refractivity contribution in [2.24, 2.45) is 0 Å². The van der Waals surface area contributed by atoms with E-state index in [0.29, 0.717) is 11.7 Å². The molecule has 0 saturated carbocycles. The molecule has 110 valence electrons. The minimum absolute atomic E-state index is 0.0199. The lowest BCUT2D eigenvalue weighted by atomic mass is 10.1. The largest absolute Gasteiger partial charge is 0.398 e. The molecule has 1 aliphatic heterocycles. The van der Waals surface area contributed by atoms with Gasteiger partial charge >= 0.3 is 0 Å². The number of hydrogen-bond acceptors (Lipinski definition) is 3. The molecule has 1 aromatic heterocycles. The molecule has 0 aromatic carbocycles. The van der Waals surface area contributed by atoms with Gasteiger partial charge in [0.2, 0.25) is 5.91 Å². The Morgan fingerprint density at radius 2 is 2.15 bits per heavy atom. The Kier molecular flexibility index (Phi) is 4.82. The second-order valence-electron chi connectivity index (χ2n) is 5.43. The molecule has 0 spiro atoms. The standard InChI is InChI=1S/C15H23N3O2/c1-2-13-6-4-3-5-9-18(13)15(20)11-17-10-12(16)7-8-14(17)19/h7-8,10,13H,2-6,9,11,16H2,1H3. The number of amides is 1. The smallest absolute Gasteiger partial charge is 0.251 e. The molecule has 1 atom stereocenters. The predicted octanol–water partition coefficient (Wildman–Crippen LogP) is 1.61. The number of nitrogens with two attached hydrogens (primary N) is 1. The van der Waals surface area contributed by atoms with Crippen LogP contribution in [0.2, 0.25) is 0 Å². The number of aromatic nitrogens is 1. The van der Waals surface area contributed by atoms with Crippen LogP contribution < -0.4 is 11.3 Å². The van der Waals surface area contributed by atoms with E-state index < -0.39 is 0 Å². The normalized spacial score (nSPS) is 19.6. The van der Waals surface area contributed by atoms with Crippen molar-refractivity contribution in [2.45, 2.75) is 51.6 Å². The van der Waals surface area contributed by atoms with Gasteiger partial charge in [0, 0.05) is 30.5 Å². The summed E-state index contributed by atoms with van der Waals surface area (Å²) in [7, 11) is 0. The fraction of sp³-hybridized carbons (Fsp3) is 0.600. The van der Waals surface area contributed by atoms with Gasteiger partial charge in [-0.3, -0.25) is 9.59 Å². The van der Waals surface area contributed by atoms with E-state index in [9.17, 15) is 9.59 Å². The van der Waals surface area contributed by atoms with Crippen LogP contribution in [0.15, 0.2) is 23.1 Å². The lowest BCUT2D eigenvalue weighted by Gasteiger charge is -2.29. The summed E-state index contributed by atoms with van der Waals surface area (Å²) in [5, 5.41) is 0. The molecule has 0 bridgehead atoms. The van der Waals surface area contributed by atoms with Crippen molar-refractivity contribution in [1.29, 1.82) is 0 Å². The third kappa shape index (κ3) is 3.40. The van der Waals surface area contributed by atoms with E-state index in [1.807, 2.05) is 4.90 Å². The molecule has 2 heterocycles. The number of rotatable bonds is 3. The van der Waals surface area contributed by atoms with E-state index in [2.05, 4.69) is 6.92 Å². The zero-order chi connectivity index (χ0) is 14.5. The number of carbonyl (C=O) groups excluding carboxylic acids is 1. The van der Waals surface area contributed by atoms with E-state index in [0.717, 1.165) is 25.8 Å². The van der Waals surface area contributed by atoms with Crippen LogP contribution in [-0.4, -0.2) is 28.0 Å². The quantitative estimate of drug-likeness (QED) is 0.912. The molecule has 5 nitrogen and oxygen atoms in total. The van der Waals surface area contributed by atoms with Crippen LogP contribution in [0.4, 0.5) is 5.69 Å². The zero-order valence-electron chi connectivity index (χ0n) is 12.0. The van der Waals surface area contributed by atoms with Crippen LogP contribution in [0.3, 0.4) is 0 Å². The Hall–Kier alpha value is -1.78.